The number of ether oxygens (including phenoxy) is 1. The Morgan fingerprint density at radius 3 is 2.75 bits per heavy atom. The van der Waals surface area contributed by atoms with Crippen molar-refractivity contribution in [3.8, 4) is 28.3 Å². The maximum absolute atomic E-state index is 12.4. The minimum absolute atomic E-state index is 0.207. The van der Waals surface area contributed by atoms with Gasteiger partial charge in [0.15, 0.2) is 0 Å². The topological polar surface area (TPSA) is 109 Å². The maximum atomic E-state index is 12.4. The van der Waals surface area contributed by atoms with Gasteiger partial charge in [0.1, 0.15) is 22.8 Å². The molecule has 0 aliphatic carbocycles. The molecule has 0 saturated carbocycles. The van der Waals surface area contributed by atoms with Gasteiger partial charge in [0.2, 0.25) is 0 Å². The van der Waals surface area contributed by atoms with E-state index in [0.717, 1.165) is 22.4 Å². The summed E-state index contributed by atoms with van der Waals surface area (Å²) in [6.07, 6.45) is 5.15. The molecule has 4 aromatic rings. The summed E-state index contributed by atoms with van der Waals surface area (Å²) in [6.45, 7) is 0.403. The molecule has 0 spiro atoms. The summed E-state index contributed by atoms with van der Waals surface area (Å²) in [5.41, 5.74) is 4.33. The number of benzene rings is 1. The Labute approximate surface area is 161 Å². The summed E-state index contributed by atoms with van der Waals surface area (Å²) in [5, 5.41) is 14.0. The molecular formula is C20H18N6O2. The van der Waals surface area contributed by atoms with E-state index in [4.69, 9.17) is 4.74 Å². The number of methoxy groups -OCH3 is 1. The third-order valence-corrected chi connectivity index (χ3v) is 4.27. The zero-order chi connectivity index (χ0) is 19.3. The zero-order valence-corrected chi connectivity index (χ0v) is 15.1. The lowest BCUT2D eigenvalue weighted by Gasteiger charge is -2.03. The molecule has 4 rings (SSSR count). The van der Waals surface area contributed by atoms with E-state index in [1.807, 2.05) is 36.4 Å². The molecule has 3 aromatic heterocycles. The summed E-state index contributed by atoms with van der Waals surface area (Å²) < 4.78 is 5.28. The number of H-pyrrole nitrogens is 2. The van der Waals surface area contributed by atoms with Crippen LogP contribution in [0.1, 0.15) is 16.1 Å². The Morgan fingerprint density at radius 2 is 1.96 bits per heavy atom. The third kappa shape index (κ3) is 3.61. The fourth-order valence-electron chi connectivity index (χ4n) is 2.85. The second kappa shape index (κ2) is 7.75. The molecule has 0 unspecified atom stereocenters. The highest BCUT2D eigenvalue weighted by Gasteiger charge is 2.16. The molecule has 8 nitrogen and oxygen atoms in total. The van der Waals surface area contributed by atoms with Crippen molar-refractivity contribution >= 4 is 5.91 Å². The van der Waals surface area contributed by atoms with Gasteiger partial charge in [-0.3, -0.25) is 9.78 Å². The van der Waals surface area contributed by atoms with Crippen molar-refractivity contribution < 1.29 is 9.53 Å². The first-order valence-corrected chi connectivity index (χ1v) is 8.65. The number of amides is 1. The fraction of sp³-hybridized carbons (Fsp3) is 0.100. The predicted octanol–water partition coefficient (Wildman–Crippen LogP) is 2.80. The first-order chi connectivity index (χ1) is 13.7. The van der Waals surface area contributed by atoms with Crippen molar-refractivity contribution in [2.75, 3.05) is 7.11 Å². The van der Waals surface area contributed by atoms with E-state index in [1.165, 1.54) is 0 Å². The Bertz CT molecular complexity index is 1090. The molecule has 0 atom stereocenters. The number of pyridine rings is 1. The standard InChI is InChI=1S/C20H18N6O2/c1-28-16-6-2-5-14(8-16)18-19(25-26-24-18)15-9-17(22-12-15)20(27)23-11-13-4-3-7-21-10-13/h2-10,12,22H,11H2,1H3,(H,23,27)(H,24,25,26). The number of aromatic nitrogens is 5. The van der Waals surface area contributed by atoms with Crippen LogP contribution in [0.3, 0.4) is 0 Å². The molecular weight excluding hydrogens is 356 g/mol. The van der Waals surface area contributed by atoms with Crippen molar-refractivity contribution in [2.24, 2.45) is 0 Å². The Morgan fingerprint density at radius 1 is 1.11 bits per heavy atom. The van der Waals surface area contributed by atoms with E-state index < -0.39 is 0 Å². The first-order valence-electron chi connectivity index (χ1n) is 8.65. The normalized spacial score (nSPS) is 10.6. The lowest BCUT2D eigenvalue weighted by atomic mass is 10.1. The first kappa shape index (κ1) is 17.5. The van der Waals surface area contributed by atoms with Crippen molar-refractivity contribution in [3.05, 3.63) is 72.3 Å². The quantitative estimate of drug-likeness (QED) is 0.481. The second-order valence-electron chi connectivity index (χ2n) is 6.10. The van der Waals surface area contributed by atoms with Crippen molar-refractivity contribution in [2.45, 2.75) is 6.54 Å². The van der Waals surface area contributed by atoms with Gasteiger partial charge in [0, 0.05) is 36.3 Å². The fourth-order valence-corrected chi connectivity index (χ4v) is 2.85. The Balaban J connectivity index is 1.53. The minimum Gasteiger partial charge on any atom is -0.497 e. The molecule has 0 saturated heterocycles. The van der Waals surface area contributed by atoms with Gasteiger partial charge in [-0.15, -0.1) is 0 Å². The molecule has 3 heterocycles. The van der Waals surface area contributed by atoms with Crippen LogP contribution >= 0.6 is 0 Å². The number of nitrogens with one attached hydrogen (secondary N) is 3. The molecule has 8 heteroatoms. The highest BCUT2D eigenvalue weighted by molar-refractivity contribution is 5.94. The molecule has 0 bridgehead atoms. The van der Waals surface area contributed by atoms with Gasteiger partial charge < -0.3 is 15.0 Å². The maximum Gasteiger partial charge on any atom is 0.267 e. The summed E-state index contributed by atoms with van der Waals surface area (Å²) >= 11 is 0. The van der Waals surface area contributed by atoms with Gasteiger partial charge in [-0.2, -0.15) is 15.4 Å². The van der Waals surface area contributed by atoms with Crippen LogP contribution in [0, 0.1) is 0 Å². The van der Waals surface area contributed by atoms with Crippen LogP contribution in [0.4, 0.5) is 0 Å². The van der Waals surface area contributed by atoms with Gasteiger partial charge in [-0.05, 0) is 29.8 Å². The summed E-state index contributed by atoms with van der Waals surface area (Å²) in [6, 6.07) is 13.1. The van der Waals surface area contributed by atoms with Gasteiger partial charge in [0.25, 0.3) is 5.91 Å². The van der Waals surface area contributed by atoms with Gasteiger partial charge in [-0.25, -0.2) is 0 Å². The number of hydrogen-bond donors (Lipinski definition) is 3. The number of carbonyl (C=O) groups excluding carboxylic acids is 1. The largest absolute Gasteiger partial charge is 0.497 e. The second-order valence-corrected chi connectivity index (χ2v) is 6.10. The van der Waals surface area contributed by atoms with E-state index in [1.54, 1.807) is 31.8 Å². The van der Waals surface area contributed by atoms with Crippen molar-refractivity contribution in [1.82, 2.24) is 30.7 Å². The number of rotatable bonds is 6. The molecule has 0 aliphatic rings. The Hall–Kier alpha value is -3.94. The van der Waals surface area contributed by atoms with Crippen LogP contribution in [-0.4, -0.2) is 38.4 Å². The van der Waals surface area contributed by atoms with Crippen molar-refractivity contribution in [1.29, 1.82) is 0 Å². The molecule has 0 fully saturated rings. The summed E-state index contributed by atoms with van der Waals surface area (Å²) in [5.74, 6) is 0.525. The minimum atomic E-state index is -0.207. The molecule has 1 aromatic carbocycles. The van der Waals surface area contributed by atoms with Crippen LogP contribution in [0.5, 0.6) is 5.75 Å². The van der Waals surface area contributed by atoms with E-state index >= 15 is 0 Å². The molecule has 1 amide bonds. The van der Waals surface area contributed by atoms with Crippen LogP contribution in [0.2, 0.25) is 0 Å². The molecule has 28 heavy (non-hydrogen) atoms. The van der Waals surface area contributed by atoms with E-state index in [0.29, 0.717) is 23.6 Å². The highest BCUT2D eigenvalue weighted by atomic mass is 16.5. The lowest BCUT2D eigenvalue weighted by molar-refractivity contribution is 0.0946. The molecule has 0 aliphatic heterocycles. The SMILES string of the molecule is COc1cccc(-c2n[nH]nc2-c2c[nH]c(C(=O)NCc3cccnc3)c2)c1. The van der Waals surface area contributed by atoms with E-state index in [-0.39, 0.29) is 5.91 Å². The number of aromatic amines is 2. The third-order valence-electron chi connectivity index (χ3n) is 4.27. The molecule has 140 valence electrons. The summed E-state index contributed by atoms with van der Waals surface area (Å²) in [7, 11) is 1.62. The average Bonchev–Trinajstić information content (AvgIpc) is 3.42. The monoisotopic (exact) mass is 374 g/mol. The zero-order valence-electron chi connectivity index (χ0n) is 15.1. The van der Waals surface area contributed by atoms with Crippen molar-refractivity contribution in [3.63, 3.8) is 0 Å². The number of nitrogens with zero attached hydrogens (tertiary/aromatic N) is 3. The molecule has 0 radical (unpaired) electrons. The lowest BCUT2D eigenvalue weighted by Crippen LogP contribution is -2.23. The van der Waals surface area contributed by atoms with Gasteiger partial charge in [-0.1, -0.05) is 18.2 Å². The van der Waals surface area contributed by atoms with E-state index in [9.17, 15) is 4.79 Å². The highest BCUT2D eigenvalue weighted by Crippen LogP contribution is 2.30. The number of hydrogen-bond acceptors (Lipinski definition) is 5. The molecule has 3 N–H and O–H groups in total. The average molecular weight is 374 g/mol. The van der Waals surface area contributed by atoms with E-state index in [2.05, 4.69) is 30.7 Å². The smallest absolute Gasteiger partial charge is 0.267 e. The van der Waals surface area contributed by atoms with Crippen LogP contribution in [-0.2, 0) is 6.54 Å². The van der Waals surface area contributed by atoms with Gasteiger partial charge in [0.05, 0.1) is 7.11 Å². The van der Waals surface area contributed by atoms with Crippen LogP contribution in [0.25, 0.3) is 22.5 Å². The van der Waals surface area contributed by atoms with Crippen LogP contribution in [0.15, 0.2) is 61.1 Å². The van der Waals surface area contributed by atoms with Crippen LogP contribution < -0.4 is 10.1 Å². The Kier molecular flexibility index (Phi) is 4.83. The number of carbonyl (C=O) groups is 1. The van der Waals surface area contributed by atoms with Gasteiger partial charge >= 0.3 is 0 Å². The summed E-state index contributed by atoms with van der Waals surface area (Å²) in [4.78, 5) is 19.5. The predicted molar refractivity (Wildman–Crippen MR) is 104 cm³/mol.